The number of hydrogen-bond acceptors (Lipinski definition) is 3. The molecule has 0 saturated heterocycles. The van der Waals surface area contributed by atoms with Crippen LogP contribution in [0, 0.1) is 0 Å². The van der Waals surface area contributed by atoms with Gasteiger partial charge >= 0.3 is 11.9 Å². The predicted molar refractivity (Wildman–Crippen MR) is 107 cm³/mol. The summed E-state index contributed by atoms with van der Waals surface area (Å²) < 4.78 is 4.99. The maximum atomic E-state index is 11.2. The Kier molecular flexibility index (Phi) is 18.1. The van der Waals surface area contributed by atoms with E-state index in [0.717, 1.165) is 44.9 Å². The van der Waals surface area contributed by atoms with Crippen LogP contribution in [0.25, 0.3) is 0 Å². The number of carboxylic acids is 1. The summed E-state index contributed by atoms with van der Waals surface area (Å²) in [7, 11) is 0. The van der Waals surface area contributed by atoms with Crippen molar-refractivity contribution in [3.8, 4) is 0 Å². The van der Waals surface area contributed by atoms with Crippen LogP contribution < -0.4 is 0 Å². The largest absolute Gasteiger partial charge is 0.481 e. The molecule has 0 bridgehead atoms. The van der Waals surface area contributed by atoms with Crippen molar-refractivity contribution in [1.82, 2.24) is 0 Å². The van der Waals surface area contributed by atoms with Gasteiger partial charge in [0.25, 0.3) is 0 Å². The van der Waals surface area contributed by atoms with Gasteiger partial charge in [0.2, 0.25) is 0 Å². The van der Waals surface area contributed by atoms with Crippen LogP contribution in [0.15, 0.2) is 36.5 Å². The highest BCUT2D eigenvalue weighted by molar-refractivity contribution is 5.76. The number of unbranched alkanes of at least 4 members (excludes halogenated alkanes) is 6. The van der Waals surface area contributed by atoms with Gasteiger partial charge in [-0.15, -0.1) is 0 Å². The zero-order valence-corrected chi connectivity index (χ0v) is 16.3. The Morgan fingerprint density at radius 1 is 0.769 bits per heavy atom. The summed E-state index contributed by atoms with van der Waals surface area (Å²) in [6.07, 6.45) is 24.2. The number of carbonyl (C=O) groups excluding carboxylic acids is 1. The number of hydrogen-bond donors (Lipinski definition) is 1. The second-order valence-corrected chi connectivity index (χ2v) is 6.32. The fraction of sp³-hybridized carbons (Fsp3) is 0.636. The van der Waals surface area contributed by atoms with Crippen LogP contribution in [0.3, 0.4) is 0 Å². The summed E-state index contributed by atoms with van der Waals surface area (Å²) in [5.74, 6) is -1.38. The van der Waals surface area contributed by atoms with Gasteiger partial charge in [-0.2, -0.15) is 0 Å². The first-order valence-electron chi connectivity index (χ1n) is 9.99. The van der Waals surface area contributed by atoms with E-state index < -0.39 is 11.9 Å². The third-order valence-corrected chi connectivity index (χ3v) is 3.85. The van der Waals surface area contributed by atoms with Crippen molar-refractivity contribution >= 4 is 11.9 Å². The van der Waals surface area contributed by atoms with Crippen LogP contribution in [0.1, 0.15) is 84.0 Å². The standard InChI is InChI=1S/C22H36O4/c1-2-3-4-5-6-7-8-9-10-11-12-13-14-15-16-17-20-26-22(25)19-18-21(23)24/h3-4,6-7,9-10H,2,5,8,11-20H2,1H3,(H,23,24)/b4-3+,7-6+,10-9+. The molecule has 0 aliphatic rings. The van der Waals surface area contributed by atoms with E-state index in [1.165, 1.54) is 19.3 Å². The minimum atomic E-state index is -0.965. The SMILES string of the molecule is CC/C=C/C/C=C/C/C=C/CCCCCCCCOC(=O)CCC(=O)O. The summed E-state index contributed by atoms with van der Waals surface area (Å²) in [6, 6.07) is 0. The molecule has 148 valence electrons. The molecule has 0 aliphatic heterocycles. The third-order valence-electron chi connectivity index (χ3n) is 3.85. The number of allylic oxidation sites excluding steroid dienone is 6. The van der Waals surface area contributed by atoms with Gasteiger partial charge < -0.3 is 9.84 Å². The molecule has 0 amide bonds. The van der Waals surface area contributed by atoms with E-state index in [9.17, 15) is 9.59 Å². The summed E-state index contributed by atoms with van der Waals surface area (Å²) >= 11 is 0. The second-order valence-electron chi connectivity index (χ2n) is 6.32. The number of carboxylic acid groups (broad SMARTS) is 1. The predicted octanol–water partition coefficient (Wildman–Crippen LogP) is 5.98. The number of rotatable bonds is 17. The molecule has 26 heavy (non-hydrogen) atoms. The van der Waals surface area contributed by atoms with E-state index in [4.69, 9.17) is 9.84 Å². The maximum absolute atomic E-state index is 11.2. The Hall–Kier alpha value is -1.84. The fourth-order valence-electron chi connectivity index (χ4n) is 2.37. The molecule has 0 heterocycles. The van der Waals surface area contributed by atoms with Crippen LogP contribution in [-0.2, 0) is 14.3 Å². The molecule has 0 rings (SSSR count). The van der Waals surface area contributed by atoms with Crippen LogP contribution in [-0.4, -0.2) is 23.7 Å². The molecule has 0 spiro atoms. The minimum absolute atomic E-state index is 0.0332. The molecule has 0 aromatic heterocycles. The fourth-order valence-corrected chi connectivity index (χ4v) is 2.37. The normalized spacial score (nSPS) is 11.7. The van der Waals surface area contributed by atoms with Gasteiger partial charge in [0.1, 0.15) is 0 Å². The zero-order valence-electron chi connectivity index (χ0n) is 16.3. The van der Waals surface area contributed by atoms with Gasteiger partial charge in [-0.25, -0.2) is 0 Å². The molecule has 0 unspecified atom stereocenters. The van der Waals surface area contributed by atoms with E-state index in [1.807, 2.05) is 0 Å². The highest BCUT2D eigenvalue weighted by Crippen LogP contribution is 2.08. The molecule has 0 fully saturated rings. The average Bonchev–Trinajstić information content (AvgIpc) is 2.62. The van der Waals surface area contributed by atoms with E-state index in [2.05, 4.69) is 43.4 Å². The monoisotopic (exact) mass is 364 g/mol. The quantitative estimate of drug-likeness (QED) is 0.196. The molecule has 1 N–H and O–H groups in total. The molecule has 4 heteroatoms. The molecular weight excluding hydrogens is 328 g/mol. The molecule has 4 nitrogen and oxygen atoms in total. The van der Waals surface area contributed by atoms with Crippen molar-refractivity contribution in [1.29, 1.82) is 0 Å². The Labute approximate surface area is 159 Å². The number of ether oxygens (including phenoxy) is 1. The van der Waals surface area contributed by atoms with E-state index in [1.54, 1.807) is 0 Å². The van der Waals surface area contributed by atoms with Crippen LogP contribution in [0.2, 0.25) is 0 Å². The smallest absolute Gasteiger partial charge is 0.306 e. The molecule has 0 saturated carbocycles. The third kappa shape index (κ3) is 20.2. The lowest BCUT2D eigenvalue weighted by Gasteiger charge is -2.04. The second kappa shape index (κ2) is 19.5. The van der Waals surface area contributed by atoms with E-state index in [0.29, 0.717) is 6.61 Å². The van der Waals surface area contributed by atoms with Crippen molar-refractivity contribution < 1.29 is 19.4 Å². The van der Waals surface area contributed by atoms with Gasteiger partial charge in [0, 0.05) is 0 Å². The van der Waals surface area contributed by atoms with Crippen LogP contribution >= 0.6 is 0 Å². The lowest BCUT2D eigenvalue weighted by Crippen LogP contribution is -2.08. The first kappa shape index (κ1) is 24.2. The van der Waals surface area contributed by atoms with Gasteiger partial charge in [0.05, 0.1) is 19.4 Å². The number of aliphatic carboxylic acids is 1. The summed E-state index contributed by atoms with van der Waals surface area (Å²) in [5.41, 5.74) is 0. The number of esters is 1. The highest BCUT2D eigenvalue weighted by Gasteiger charge is 2.05. The van der Waals surface area contributed by atoms with Gasteiger partial charge in [-0.3, -0.25) is 9.59 Å². The molecule has 0 aromatic rings. The molecule has 0 radical (unpaired) electrons. The van der Waals surface area contributed by atoms with Crippen LogP contribution in [0.5, 0.6) is 0 Å². The Bertz CT molecular complexity index is 435. The molecule has 0 aliphatic carbocycles. The topological polar surface area (TPSA) is 63.6 Å². The van der Waals surface area contributed by atoms with Gasteiger partial charge in [-0.1, -0.05) is 69.1 Å². The van der Waals surface area contributed by atoms with Gasteiger partial charge in [0.15, 0.2) is 0 Å². The number of carbonyl (C=O) groups is 2. The van der Waals surface area contributed by atoms with Crippen molar-refractivity contribution in [3.05, 3.63) is 36.5 Å². The van der Waals surface area contributed by atoms with Crippen molar-refractivity contribution in [2.75, 3.05) is 6.61 Å². The lowest BCUT2D eigenvalue weighted by molar-refractivity contribution is -0.147. The Morgan fingerprint density at radius 2 is 1.35 bits per heavy atom. The summed E-state index contributed by atoms with van der Waals surface area (Å²) in [5, 5.41) is 8.47. The molecular formula is C22H36O4. The lowest BCUT2D eigenvalue weighted by atomic mass is 10.1. The first-order valence-corrected chi connectivity index (χ1v) is 9.99. The average molecular weight is 365 g/mol. The van der Waals surface area contributed by atoms with E-state index in [-0.39, 0.29) is 12.8 Å². The van der Waals surface area contributed by atoms with Crippen molar-refractivity contribution in [3.63, 3.8) is 0 Å². The van der Waals surface area contributed by atoms with Gasteiger partial charge in [-0.05, 0) is 38.5 Å². The maximum Gasteiger partial charge on any atom is 0.306 e. The summed E-state index contributed by atoms with van der Waals surface area (Å²) in [4.78, 5) is 21.5. The Balaban J connectivity index is 3.28. The summed E-state index contributed by atoms with van der Waals surface area (Å²) in [6.45, 7) is 2.55. The molecule has 0 atom stereocenters. The highest BCUT2D eigenvalue weighted by atomic mass is 16.5. The first-order chi connectivity index (χ1) is 12.7. The Morgan fingerprint density at radius 3 is 2.00 bits per heavy atom. The molecule has 0 aromatic carbocycles. The van der Waals surface area contributed by atoms with E-state index >= 15 is 0 Å². The van der Waals surface area contributed by atoms with Crippen molar-refractivity contribution in [2.24, 2.45) is 0 Å². The van der Waals surface area contributed by atoms with Crippen molar-refractivity contribution in [2.45, 2.75) is 84.0 Å². The van der Waals surface area contributed by atoms with Crippen LogP contribution in [0.4, 0.5) is 0 Å². The zero-order chi connectivity index (χ0) is 19.3. The minimum Gasteiger partial charge on any atom is -0.481 e.